The number of amides is 2. The van der Waals surface area contributed by atoms with Gasteiger partial charge in [-0.3, -0.25) is 14.4 Å². The fraction of sp³-hybridized carbons (Fsp3) is 0.160. The van der Waals surface area contributed by atoms with E-state index in [0.29, 0.717) is 33.6 Å². The van der Waals surface area contributed by atoms with Gasteiger partial charge >= 0.3 is 5.97 Å². The second-order valence-corrected chi connectivity index (χ2v) is 7.43. The van der Waals surface area contributed by atoms with Crippen molar-refractivity contribution >= 4 is 29.2 Å². The number of aliphatic carboxylic acids is 1. The predicted molar refractivity (Wildman–Crippen MR) is 124 cm³/mol. The minimum absolute atomic E-state index is 0.144. The number of anilines is 2. The van der Waals surface area contributed by atoms with E-state index < -0.39 is 17.7 Å². The number of rotatable bonds is 8. The van der Waals surface area contributed by atoms with Crippen molar-refractivity contribution in [2.24, 2.45) is 5.73 Å². The molecule has 0 spiro atoms. The van der Waals surface area contributed by atoms with Gasteiger partial charge in [-0.05, 0) is 64.7 Å². The predicted octanol–water partition coefficient (Wildman–Crippen LogP) is 4.18. The Morgan fingerprint density at radius 1 is 0.970 bits per heavy atom. The summed E-state index contributed by atoms with van der Waals surface area (Å²) in [5.41, 5.74) is 8.67. The molecule has 7 nitrogen and oxygen atoms in total. The lowest BCUT2D eigenvalue weighted by atomic mass is 9.99. The van der Waals surface area contributed by atoms with E-state index in [-0.39, 0.29) is 30.9 Å². The third-order valence-corrected chi connectivity index (χ3v) is 4.93. The van der Waals surface area contributed by atoms with Crippen LogP contribution in [0.3, 0.4) is 0 Å². The molecule has 33 heavy (non-hydrogen) atoms. The van der Waals surface area contributed by atoms with E-state index in [2.05, 4.69) is 10.6 Å². The lowest BCUT2D eigenvalue weighted by Gasteiger charge is -2.14. The van der Waals surface area contributed by atoms with Crippen LogP contribution in [0.1, 0.15) is 34.8 Å². The summed E-state index contributed by atoms with van der Waals surface area (Å²) in [4.78, 5) is 36.2. The van der Waals surface area contributed by atoms with Crippen LogP contribution in [0.5, 0.6) is 0 Å². The monoisotopic (exact) mass is 449 g/mol. The highest BCUT2D eigenvalue weighted by atomic mass is 19.1. The topological polar surface area (TPSA) is 122 Å². The molecule has 0 bridgehead atoms. The average Bonchev–Trinajstić information content (AvgIpc) is 2.79. The van der Waals surface area contributed by atoms with Crippen LogP contribution in [-0.2, 0) is 22.6 Å². The highest BCUT2D eigenvalue weighted by Crippen LogP contribution is 2.28. The molecule has 0 unspecified atom stereocenters. The summed E-state index contributed by atoms with van der Waals surface area (Å²) < 4.78 is 14.1. The van der Waals surface area contributed by atoms with Crippen molar-refractivity contribution in [2.75, 3.05) is 10.6 Å². The molecule has 0 aliphatic rings. The van der Waals surface area contributed by atoms with E-state index in [0.717, 1.165) is 0 Å². The zero-order valence-corrected chi connectivity index (χ0v) is 18.0. The number of carboxylic acids is 1. The number of carboxylic acid groups (broad SMARTS) is 1. The molecule has 0 radical (unpaired) electrons. The van der Waals surface area contributed by atoms with Crippen LogP contribution < -0.4 is 16.4 Å². The minimum atomic E-state index is -1.02. The maximum Gasteiger partial charge on any atom is 0.307 e. The standard InChI is InChI=1S/C25H24FN3O4/c1-2-23(30)28-21-11-18(17-7-15(14-27)8-20(26)10-17)9-19(12-21)25(33)29-22-6-4-3-5-16(22)13-24(31)32/h3-12H,2,13-14,27H2,1H3,(H,28,30)(H,29,33)(H,31,32). The summed E-state index contributed by atoms with van der Waals surface area (Å²) in [6.45, 7) is 1.84. The highest BCUT2D eigenvalue weighted by molar-refractivity contribution is 6.07. The number of nitrogens with two attached hydrogens (primary N) is 1. The number of hydrogen-bond acceptors (Lipinski definition) is 4. The quantitative estimate of drug-likeness (QED) is 0.411. The fourth-order valence-electron chi connectivity index (χ4n) is 3.34. The second-order valence-electron chi connectivity index (χ2n) is 7.43. The van der Waals surface area contributed by atoms with E-state index in [4.69, 9.17) is 10.8 Å². The maximum atomic E-state index is 14.1. The molecule has 3 rings (SSSR count). The second kappa shape index (κ2) is 10.5. The van der Waals surface area contributed by atoms with Gasteiger partial charge in [0.1, 0.15) is 5.82 Å². The zero-order valence-electron chi connectivity index (χ0n) is 18.0. The molecule has 170 valence electrons. The van der Waals surface area contributed by atoms with Gasteiger partial charge in [0, 0.05) is 29.9 Å². The van der Waals surface area contributed by atoms with Gasteiger partial charge in [-0.15, -0.1) is 0 Å². The van der Waals surface area contributed by atoms with Gasteiger partial charge in [-0.25, -0.2) is 4.39 Å². The third-order valence-electron chi connectivity index (χ3n) is 4.93. The Labute approximate surface area is 190 Å². The Kier molecular flexibility index (Phi) is 7.53. The smallest absolute Gasteiger partial charge is 0.307 e. The van der Waals surface area contributed by atoms with Gasteiger partial charge in [0.25, 0.3) is 5.91 Å². The van der Waals surface area contributed by atoms with Crippen LogP contribution in [0.25, 0.3) is 11.1 Å². The van der Waals surface area contributed by atoms with Crippen LogP contribution in [0.15, 0.2) is 60.7 Å². The number of benzene rings is 3. The van der Waals surface area contributed by atoms with Gasteiger partial charge in [0.15, 0.2) is 0 Å². The van der Waals surface area contributed by atoms with Crippen LogP contribution >= 0.6 is 0 Å². The van der Waals surface area contributed by atoms with Gasteiger partial charge in [-0.2, -0.15) is 0 Å². The number of nitrogens with one attached hydrogen (secondary N) is 2. The number of hydrogen-bond donors (Lipinski definition) is 4. The third kappa shape index (κ3) is 6.24. The van der Waals surface area contributed by atoms with Crippen molar-refractivity contribution in [1.82, 2.24) is 0 Å². The van der Waals surface area contributed by atoms with Crippen LogP contribution in [-0.4, -0.2) is 22.9 Å². The fourth-order valence-corrected chi connectivity index (χ4v) is 3.34. The Morgan fingerprint density at radius 2 is 1.70 bits per heavy atom. The molecule has 0 heterocycles. The first-order valence-electron chi connectivity index (χ1n) is 10.3. The molecule has 2 amide bonds. The lowest BCUT2D eigenvalue weighted by molar-refractivity contribution is -0.136. The molecule has 0 fully saturated rings. The van der Waals surface area contributed by atoms with Crippen molar-refractivity contribution in [2.45, 2.75) is 26.3 Å². The minimum Gasteiger partial charge on any atom is -0.481 e. The largest absolute Gasteiger partial charge is 0.481 e. The highest BCUT2D eigenvalue weighted by Gasteiger charge is 2.15. The number of carbonyl (C=O) groups excluding carboxylic acids is 2. The van der Waals surface area contributed by atoms with Gasteiger partial charge in [0.2, 0.25) is 5.91 Å². The average molecular weight is 449 g/mol. The molecular formula is C25H24FN3O4. The van der Waals surface area contributed by atoms with Crippen LogP contribution in [0.2, 0.25) is 0 Å². The summed E-state index contributed by atoms with van der Waals surface area (Å²) in [6, 6.07) is 15.7. The summed E-state index contributed by atoms with van der Waals surface area (Å²) in [5.74, 6) is -2.24. The Balaban J connectivity index is 2.02. The van der Waals surface area contributed by atoms with E-state index in [1.54, 1.807) is 49.4 Å². The summed E-state index contributed by atoms with van der Waals surface area (Å²) in [5, 5.41) is 14.6. The van der Waals surface area contributed by atoms with Gasteiger partial charge in [-0.1, -0.05) is 25.1 Å². The molecular weight excluding hydrogens is 425 g/mol. The van der Waals surface area contributed by atoms with E-state index in [1.807, 2.05) is 0 Å². The molecule has 8 heteroatoms. The Morgan fingerprint density at radius 3 is 2.39 bits per heavy atom. The number of halogens is 1. The van der Waals surface area contributed by atoms with Crippen LogP contribution in [0.4, 0.5) is 15.8 Å². The maximum absolute atomic E-state index is 14.1. The van der Waals surface area contributed by atoms with Crippen molar-refractivity contribution in [1.29, 1.82) is 0 Å². The SMILES string of the molecule is CCC(=O)Nc1cc(C(=O)Nc2ccccc2CC(=O)O)cc(-c2cc(F)cc(CN)c2)c1. The van der Waals surface area contributed by atoms with Gasteiger partial charge in [0.05, 0.1) is 6.42 Å². The van der Waals surface area contributed by atoms with Gasteiger partial charge < -0.3 is 21.5 Å². The summed E-state index contributed by atoms with van der Waals surface area (Å²) >= 11 is 0. The number of para-hydroxylation sites is 1. The first-order valence-corrected chi connectivity index (χ1v) is 10.3. The van der Waals surface area contributed by atoms with E-state index in [1.165, 1.54) is 18.2 Å². The molecule has 0 aliphatic heterocycles. The first kappa shape index (κ1) is 23.6. The van der Waals surface area contributed by atoms with E-state index in [9.17, 15) is 18.8 Å². The first-order chi connectivity index (χ1) is 15.8. The van der Waals surface area contributed by atoms with E-state index >= 15 is 0 Å². The van der Waals surface area contributed by atoms with Crippen molar-refractivity contribution in [3.63, 3.8) is 0 Å². The molecule has 3 aromatic rings. The Bertz CT molecular complexity index is 1210. The molecule has 0 saturated carbocycles. The van der Waals surface area contributed by atoms with Crippen molar-refractivity contribution in [3.8, 4) is 11.1 Å². The molecule has 0 aromatic heterocycles. The zero-order chi connectivity index (χ0) is 24.0. The molecule has 0 saturated heterocycles. The summed E-state index contributed by atoms with van der Waals surface area (Å²) in [7, 11) is 0. The van der Waals surface area contributed by atoms with Crippen LogP contribution in [0, 0.1) is 5.82 Å². The van der Waals surface area contributed by atoms with Crippen molar-refractivity contribution < 1.29 is 23.9 Å². The molecule has 3 aromatic carbocycles. The summed E-state index contributed by atoms with van der Waals surface area (Å²) in [6.07, 6.45) is -0.00886. The Hall–Kier alpha value is -4.04. The number of carbonyl (C=O) groups is 3. The normalized spacial score (nSPS) is 10.5. The molecule has 0 aliphatic carbocycles. The van der Waals surface area contributed by atoms with Crippen molar-refractivity contribution in [3.05, 3.63) is 83.2 Å². The molecule has 5 N–H and O–H groups in total. The molecule has 0 atom stereocenters. The lowest BCUT2D eigenvalue weighted by Crippen LogP contribution is -2.16.